The fourth-order valence-corrected chi connectivity index (χ4v) is 7.00. The number of amides is 1. The van der Waals surface area contributed by atoms with Crippen molar-refractivity contribution in [2.24, 2.45) is 0 Å². The molecule has 0 bridgehead atoms. The minimum atomic E-state index is -0.296. The minimum Gasteiger partial charge on any atom is -0.372 e. The number of carbonyl (C=O) groups excluding carboxylic acids is 1. The van der Waals surface area contributed by atoms with E-state index < -0.39 is 0 Å². The molecule has 2 fully saturated rings. The number of nitrogens with zero attached hydrogens (tertiary/aromatic N) is 4. The van der Waals surface area contributed by atoms with Crippen LogP contribution in [0.4, 0.5) is 5.82 Å². The smallest absolute Gasteiger partial charge is 0.270 e. The molecule has 1 aromatic heterocycles. The Hall–Kier alpha value is -2.15. The highest BCUT2D eigenvalue weighted by molar-refractivity contribution is 8.26. The summed E-state index contributed by atoms with van der Waals surface area (Å²) in [4.78, 5) is 31.2. The number of rotatable bonds is 14. The molecule has 0 radical (unpaired) electrons. The average molecular weight is 587 g/mol. The lowest BCUT2D eigenvalue weighted by Crippen LogP contribution is -2.48. The van der Waals surface area contributed by atoms with E-state index in [4.69, 9.17) is 17.0 Å². The highest BCUT2D eigenvalue weighted by Gasteiger charge is 2.34. The fourth-order valence-electron chi connectivity index (χ4n) is 5.71. The van der Waals surface area contributed by atoms with Crippen LogP contribution in [0.25, 0.3) is 6.08 Å². The summed E-state index contributed by atoms with van der Waals surface area (Å²) in [5.41, 5.74) is 1.15. The molecule has 0 aliphatic carbocycles. The molecule has 2 atom stereocenters. The molecular weight excluding hydrogens is 541 g/mol. The first-order chi connectivity index (χ1) is 19.2. The summed E-state index contributed by atoms with van der Waals surface area (Å²) in [5, 5.41) is 9.83. The molecule has 0 spiro atoms. The summed E-state index contributed by atoms with van der Waals surface area (Å²) in [5.74, 6) is 0.652. The first kappa shape index (κ1) is 32.4. The molecule has 1 aromatic rings. The number of hydrogen-bond donors (Lipinski definition) is 0. The molecule has 0 N–H and O–H groups in total. The van der Waals surface area contributed by atoms with Gasteiger partial charge >= 0.3 is 0 Å². The van der Waals surface area contributed by atoms with Crippen LogP contribution in [0.1, 0.15) is 109 Å². The van der Waals surface area contributed by atoms with Gasteiger partial charge in [0.1, 0.15) is 21.8 Å². The average Bonchev–Trinajstić information content (AvgIpc) is 3.18. The lowest BCUT2D eigenvalue weighted by Gasteiger charge is -2.39. The zero-order chi connectivity index (χ0) is 29.2. The van der Waals surface area contributed by atoms with Crippen LogP contribution in [0.15, 0.2) is 9.70 Å². The molecule has 0 saturated carbocycles. The Kier molecular flexibility index (Phi) is 12.7. The number of unbranched alkanes of at least 4 members (excludes halogenated alkanes) is 9. The second kappa shape index (κ2) is 15.7. The molecule has 2 aliphatic rings. The Bertz CT molecular complexity index is 1180. The van der Waals surface area contributed by atoms with Gasteiger partial charge in [-0.05, 0) is 45.8 Å². The second-order valence-corrected chi connectivity index (χ2v) is 12.8. The summed E-state index contributed by atoms with van der Waals surface area (Å²) in [6.07, 6.45) is 14.2. The van der Waals surface area contributed by atoms with E-state index >= 15 is 0 Å². The van der Waals surface area contributed by atoms with Crippen molar-refractivity contribution in [2.45, 2.75) is 118 Å². The van der Waals surface area contributed by atoms with Gasteiger partial charge in [-0.15, -0.1) is 0 Å². The number of anilines is 1. The van der Waals surface area contributed by atoms with Crippen LogP contribution >= 0.6 is 24.0 Å². The number of morpholine rings is 1. The van der Waals surface area contributed by atoms with E-state index in [2.05, 4.69) is 17.9 Å². The summed E-state index contributed by atoms with van der Waals surface area (Å²) in [6.45, 7) is 12.3. The van der Waals surface area contributed by atoms with E-state index in [0.717, 1.165) is 24.2 Å². The van der Waals surface area contributed by atoms with Crippen LogP contribution in [-0.4, -0.2) is 51.5 Å². The van der Waals surface area contributed by atoms with Crippen molar-refractivity contribution in [3.05, 3.63) is 31.9 Å². The number of pyridine rings is 1. The molecule has 0 aromatic carbocycles. The minimum absolute atomic E-state index is 0.00720. The van der Waals surface area contributed by atoms with Crippen LogP contribution in [0.3, 0.4) is 0 Å². The van der Waals surface area contributed by atoms with Crippen LogP contribution in [0.5, 0.6) is 0 Å². The van der Waals surface area contributed by atoms with E-state index in [1.165, 1.54) is 63.1 Å². The zero-order valence-corrected chi connectivity index (χ0v) is 26.6. The second-order valence-electron chi connectivity index (χ2n) is 11.1. The van der Waals surface area contributed by atoms with E-state index in [-0.39, 0.29) is 29.2 Å². The van der Waals surface area contributed by atoms with Gasteiger partial charge in [-0.1, -0.05) is 88.7 Å². The third-order valence-corrected chi connectivity index (χ3v) is 9.14. The summed E-state index contributed by atoms with van der Waals surface area (Å²) in [7, 11) is 0. The first-order valence-corrected chi connectivity index (χ1v) is 16.3. The van der Waals surface area contributed by atoms with Gasteiger partial charge in [0, 0.05) is 31.7 Å². The van der Waals surface area contributed by atoms with Crippen LogP contribution in [-0.2, 0) is 16.1 Å². The van der Waals surface area contributed by atoms with E-state index in [1.54, 1.807) is 16.4 Å². The molecule has 40 heavy (non-hydrogen) atoms. The van der Waals surface area contributed by atoms with E-state index in [9.17, 15) is 14.9 Å². The largest absolute Gasteiger partial charge is 0.372 e. The molecule has 1 amide bonds. The molecule has 9 heteroatoms. The lowest BCUT2D eigenvalue weighted by molar-refractivity contribution is -0.122. The van der Waals surface area contributed by atoms with Crippen molar-refractivity contribution in [2.75, 3.05) is 24.5 Å². The summed E-state index contributed by atoms with van der Waals surface area (Å²) in [6, 6.07) is 2.11. The van der Waals surface area contributed by atoms with Gasteiger partial charge in [0.15, 0.2) is 0 Å². The highest BCUT2D eigenvalue weighted by atomic mass is 32.2. The summed E-state index contributed by atoms with van der Waals surface area (Å²) >= 11 is 6.92. The molecule has 3 rings (SSSR count). The normalized spacial score (nSPS) is 20.6. The Labute approximate surface area is 249 Å². The van der Waals surface area contributed by atoms with Crippen molar-refractivity contribution < 1.29 is 9.53 Å². The standard InChI is InChI=1S/C31H46N4O3S2/c1-6-8-9-10-11-12-13-14-15-16-17-35-30(37)27(40-31(35)39)18-25-24(5)26(19-32)29(36)34(7-2)28(25)33-20-22(3)38-23(4)21-33/h18,22-23H,6-17,20-21H2,1-5H3. The van der Waals surface area contributed by atoms with Crippen LogP contribution in [0.2, 0.25) is 0 Å². The molecule has 2 unspecified atom stereocenters. The zero-order valence-electron chi connectivity index (χ0n) is 25.0. The Morgan fingerprint density at radius 3 is 2.12 bits per heavy atom. The predicted molar refractivity (Wildman–Crippen MR) is 170 cm³/mol. The van der Waals surface area contributed by atoms with Gasteiger partial charge in [0.25, 0.3) is 11.5 Å². The molecule has 2 aliphatic heterocycles. The topological polar surface area (TPSA) is 78.6 Å². The Morgan fingerprint density at radius 2 is 1.57 bits per heavy atom. The third-order valence-electron chi connectivity index (χ3n) is 7.77. The number of thioether (sulfide) groups is 1. The van der Waals surface area contributed by atoms with Gasteiger partial charge in [0.05, 0.1) is 17.1 Å². The Morgan fingerprint density at radius 1 is 1.00 bits per heavy atom. The SMILES string of the molecule is CCCCCCCCCCCCN1C(=O)C(=Cc2c(C)c(C#N)c(=O)n(CC)c2N2CC(C)OC(C)C2)SC1=S. The quantitative estimate of drug-likeness (QED) is 0.135. The van der Waals surface area contributed by atoms with Gasteiger partial charge < -0.3 is 9.64 Å². The van der Waals surface area contributed by atoms with Gasteiger partial charge in [-0.3, -0.25) is 19.1 Å². The summed E-state index contributed by atoms with van der Waals surface area (Å²) < 4.78 is 8.18. The van der Waals surface area contributed by atoms with E-state index in [1.807, 2.05) is 26.8 Å². The van der Waals surface area contributed by atoms with Gasteiger partial charge in [-0.25, -0.2) is 0 Å². The molecule has 2 saturated heterocycles. The van der Waals surface area contributed by atoms with Crippen molar-refractivity contribution >= 4 is 46.1 Å². The fraction of sp³-hybridized carbons (Fsp3) is 0.677. The van der Waals surface area contributed by atoms with Crippen LogP contribution in [0, 0.1) is 18.3 Å². The Balaban J connectivity index is 1.76. The van der Waals surface area contributed by atoms with Crippen LogP contribution < -0.4 is 10.5 Å². The number of ether oxygens (including phenoxy) is 1. The first-order valence-electron chi connectivity index (χ1n) is 15.1. The number of hydrogen-bond acceptors (Lipinski definition) is 7. The number of thiocarbonyl (C=S) groups is 1. The van der Waals surface area contributed by atoms with Gasteiger partial charge in [-0.2, -0.15) is 5.26 Å². The van der Waals surface area contributed by atoms with Gasteiger partial charge in [0.2, 0.25) is 0 Å². The van der Waals surface area contributed by atoms with Crippen molar-refractivity contribution in [3.8, 4) is 6.07 Å². The maximum absolute atomic E-state index is 13.5. The van der Waals surface area contributed by atoms with Crippen molar-refractivity contribution in [1.82, 2.24) is 9.47 Å². The molecule has 7 nitrogen and oxygen atoms in total. The number of carbonyl (C=O) groups is 1. The van der Waals surface area contributed by atoms with E-state index in [0.29, 0.717) is 41.0 Å². The molecular formula is C31H46N4O3S2. The maximum atomic E-state index is 13.5. The number of nitriles is 1. The van der Waals surface area contributed by atoms with Crippen molar-refractivity contribution in [1.29, 1.82) is 5.26 Å². The molecule has 3 heterocycles. The monoisotopic (exact) mass is 586 g/mol. The lowest BCUT2D eigenvalue weighted by atomic mass is 10.0. The molecule has 220 valence electrons. The maximum Gasteiger partial charge on any atom is 0.270 e. The number of aromatic nitrogens is 1. The predicted octanol–water partition coefficient (Wildman–Crippen LogP) is 6.78. The van der Waals surface area contributed by atoms with Crippen molar-refractivity contribution in [3.63, 3.8) is 0 Å². The highest BCUT2D eigenvalue weighted by Crippen LogP contribution is 2.36. The third kappa shape index (κ3) is 7.98.